The predicted molar refractivity (Wildman–Crippen MR) is 185 cm³/mol. The van der Waals surface area contributed by atoms with E-state index in [4.69, 9.17) is 37.4 Å². The molecule has 0 aliphatic rings. The Hall–Kier alpha value is -5.69. The normalized spacial score (nSPS) is 11.2. The lowest BCUT2D eigenvalue weighted by molar-refractivity contribution is -0.121. The van der Waals surface area contributed by atoms with Gasteiger partial charge < -0.3 is 18.8 Å². The molecule has 0 spiro atoms. The summed E-state index contributed by atoms with van der Waals surface area (Å²) in [6, 6.07) is 13.2. The molecule has 15 nitrogen and oxygen atoms in total. The molecule has 5 rings (SSSR count). The molecule has 258 valence electrons. The van der Waals surface area contributed by atoms with Crippen molar-refractivity contribution >= 4 is 46.5 Å². The number of nitrogens with one attached hydrogen (secondary N) is 1. The summed E-state index contributed by atoms with van der Waals surface area (Å²) in [5.74, 6) is -0.121. The molecule has 5 aromatic rings. The zero-order chi connectivity index (χ0) is 36.3. The number of amides is 1. The molecule has 1 N–H and O–H groups in total. The molecule has 0 saturated heterocycles. The number of hydrogen-bond acceptors (Lipinski definition) is 10. The average Bonchev–Trinajstić information content (AvgIpc) is 3.44. The fraction of sp³-hybridized carbons (Fsp3) is 0.242. The molecule has 0 radical (unpaired) electrons. The predicted octanol–water partition coefficient (Wildman–Crippen LogP) is 3.23. The molecule has 1 amide bonds. The molecule has 0 saturated carbocycles. The van der Waals surface area contributed by atoms with Crippen molar-refractivity contribution in [2.24, 2.45) is 19.2 Å². The first-order valence-corrected chi connectivity index (χ1v) is 15.5. The summed E-state index contributed by atoms with van der Waals surface area (Å²) >= 11 is 12.5. The minimum atomic E-state index is -0.605. The van der Waals surface area contributed by atoms with Crippen LogP contribution in [-0.4, -0.2) is 49.6 Å². The van der Waals surface area contributed by atoms with Crippen LogP contribution in [0.2, 0.25) is 10.0 Å². The van der Waals surface area contributed by atoms with Crippen molar-refractivity contribution in [3.8, 4) is 23.6 Å². The number of carbonyl (C=O) groups excluding carboxylic acids is 1. The summed E-state index contributed by atoms with van der Waals surface area (Å²) in [7, 11) is 5.75. The minimum absolute atomic E-state index is 0.0170. The van der Waals surface area contributed by atoms with Gasteiger partial charge in [0.05, 0.1) is 26.5 Å². The lowest BCUT2D eigenvalue weighted by atomic mass is 10.1. The van der Waals surface area contributed by atoms with Crippen LogP contribution in [-0.2, 0) is 43.3 Å². The third-order valence-electron chi connectivity index (χ3n) is 7.75. The SMILES string of the molecule is COCc1cc(C)n(CC(=O)N/N=C\c2ccc(Oc3nc4c(c(=O)n(C)c(=O)n4C)n3Cc3ccc(Cl)cc3Cl)c(OC)c2)c(=O)c1C#N. The van der Waals surface area contributed by atoms with E-state index in [1.807, 2.05) is 6.07 Å². The molecule has 0 atom stereocenters. The van der Waals surface area contributed by atoms with E-state index < -0.39 is 22.7 Å². The standard InChI is InChI=1S/C33H30Cl2N8O7/c1-18-10-21(17-48-4)23(13-36)30(45)42(18)16-27(44)39-37-14-19-6-9-25(26(11-19)49-5)50-32-38-29-28(31(46)41(3)33(47)40(29)2)43(32)15-20-7-8-22(34)12-24(20)35/h6-12,14H,15-17H2,1-5H3,(H,39,44)/b37-14-. The Balaban J connectivity index is 1.41. The second-order valence-electron chi connectivity index (χ2n) is 11.0. The zero-order valence-electron chi connectivity index (χ0n) is 27.5. The number of rotatable bonds is 11. The quantitative estimate of drug-likeness (QED) is 0.159. The van der Waals surface area contributed by atoms with Gasteiger partial charge in [0, 0.05) is 42.5 Å². The number of imidazole rings is 1. The van der Waals surface area contributed by atoms with E-state index in [0.29, 0.717) is 32.4 Å². The number of carbonyl (C=O) groups is 1. The van der Waals surface area contributed by atoms with Gasteiger partial charge in [-0.1, -0.05) is 29.3 Å². The lowest BCUT2D eigenvalue weighted by Crippen LogP contribution is -2.37. The van der Waals surface area contributed by atoms with Crippen molar-refractivity contribution in [3.63, 3.8) is 0 Å². The van der Waals surface area contributed by atoms with Gasteiger partial charge in [0.1, 0.15) is 18.2 Å². The second-order valence-corrected chi connectivity index (χ2v) is 11.9. The summed E-state index contributed by atoms with van der Waals surface area (Å²) in [4.78, 5) is 56.0. The van der Waals surface area contributed by atoms with E-state index in [-0.39, 0.29) is 53.9 Å². The van der Waals surface area contributed by atoms with Gasteiger partial charge in [-0.3, -0.25) is 28.1 Å². The monoisotopic (exact) mass is 720 g/mol. The van der Waals surface area contributed by atoms with Gasteiger partial charge in [0.25, 0.3) is 17.0 Å². The smallest absolute Gasteiger partial charge is 0.332 e. The maximum Gasteiger partial charge on any atom is 0.332 e. The number of benzene rings is 2. The van der Waals surface area contributed by atoms with Crippen LogP contribution in [0.3, 0.4) is 0 Å². The van der Waals surface area contributed by atoms with Crippen LogP contribution >= 0.6 is 23.2 Å². The molecule has 50 heavy (non-hydrogen) atoms. The van der Waals surface area contributed by atoms with Crippen molar-refractivity contribution in [2.45, 2.75) is 26.6 Å². The minimum Gasteiger partial charge on any atom is -0.493 e. The lowest BCUT2D eigenvalue weighted by Gasteiger charge is -2.13. The number of nitrogens with zero attached hydrogens (tertiary/aromatic N) is 7. The van der Waals surface area contributed by atoms with E-state index in [1.165, 1.54) is 48.2 Å². The third kappa shape index (κ3) is 7.03. The first kappa shape index (κ1) is 35.6. The molecule has 0 unspecified atom stereocenters. The van der Waals surface area contributed by atoms with Crippen molar-refractivity contribution in [1.82, 2.24) is 28.7 Å². The van der Waals surface area contributed by atoms with E-state index in [1.54, 1.807) is 49.4 Å². The number of hydrogen-bond donors (Lipinski definition) is 1. The molecular weight excluding hydrogens is 691 g/mol. The second kappa shape index (κ2) is 14.8. The fourth-order valence-electron chi connectivity index (χ4n) is 5.20. The zero-order valence-corrected chi connectivity index (χ0v) is 29.0. The Morgan fingerprint density at radius 1 is 1.00 bits per heavy atom. The molecule has 3 heterocycles. The first-order valence-electron chi connectivity index (χ1n) is 14.8. The summed E-state index contributed by atoms with van der Waals surface area (Å²) in [6.07, 6.45) is 1.36. The Labute approximate surface area is 294 Å². The van der Waals surface area contributed by atoms with Crippen molar-refractivity contribution < 1.29 is 19.0 Å². The van der Waals surface area contributed by atoms with E-state index in [2.05, 4.69) is 15.5 Å². The number of hydrazone groups is 1. The van der Waals surface area contributed by atoms with Gasteiger partial charge in [0.15, 0.2) is 22.7 Å². The Bertz CT molecular complexity index is 2400. The third-order valence-corrected chi connectivity index (χ3v) is 8.34. The van der Waals surface area contributed by atoms with Crippen LogP contribution in [0.5, 0.6) is 17.5 Å². The largest absolute Gasteiger partial charge is 0.493 e. The number of ether oxygens (including phenoxy) is 3. The Kier molecular flexibility index (Phi) is 10.6. The van der Waals surface area contributed by atoms with Crippen LogP contribution in [0, 0.1) is 18.3 Å². The maximum atomic E-state index is 13.3. The number of fused-ring (bicyclic) bond motifs is 1. The number of aromatic nitrogens is 5. The van der Waals surface area contributed by atoms with Crippen LogP contribution in [0.15, 0.2) is 61.9 Å². The first-order chi connectivity index (χ1) is 23.9. The van der Waals surface area contributed by atoms with Gasteiger partial charge in [-0.2, -0.15) is 15.3 Å². The fourth-order valence-corrected chi connectivity index (χ4v) is 5.66. The van der Waals surface area contributed by atoms with Crippen molar-refractivity contribution in [3.05, 3.63) is 112 Å². The van der Waals surface area contributed by atoms with Gasteiger partial charge in [-0.25, -0.2) is 10.2 Å². The average molecular weight is 722 g/mol. The van der Waals surface area contributed by atoms with Crippen molar-refractivity contribution in [2.75, 3.05) is 14.2 Å². The highest BCUT2D eigenvalue weighted by molar-refractivity contribution is 6.35. The highest BCUT2D eigenvalue weighted by Crippen LogP contribution is 2.34. The van der Waals surface area contributed by atoms with Crippen molar-refractivity contribution in [1.29, 1.82) is 5.26 Å². The van der Waals surface area contributed by atoms with Crippen LogP contribution in [0.1, 0.15) is 27.9 Å². The van der Waals surface area contributed by atoms with Gasteiger partial charge in [-0.05, 0) is 54.4 Å². The Morgan fingerprint density at radius 2 is 1.76 bits per heavy atom. The summed E-state index contributed by atoms with van der Waals surface area (Å²) in [5, 5.41) is 14.2. The van der Waals surface area contributed by atoms with E-state index in [9.17, 15) is 24.4 Å². The topological polar surface area (TPSA) is 177 Å². The van der Waals surface area contributed by atoms with Gasteiger partial charge in [0.2, 0.25) is 0 Å². The highest BCUT2D eigenvalue weighted by atomic mass is 35.5. The van der Waals surface area contributed by atoms with Crippen LogP contribution < -0.4 is 31.7 Å². The van der Waals surface area contributed by atoms with Gasteiger partial charge >= 0.3 is 11.7 Å². The number of aryl methyl sites for hydroxylation is 2. The Morgan fingerprint density at radius 3 is 2.44 bits per heavy atom. The molecule has 3 aromatic heterocycles. The van der Waals surface area contributed by atoms with E-state index >= 15 is 0 Å². The van der Waals surface area contributed by atoms with E-state index in [0.717, 1.165) is 4.57 Å². The highest BCUT2D eigenvalue weighted by Gasteiger charge is 2.23. The summed E-state index contributed by atoms with van der Waals surface area (Å²) in [6.45, 7) is 1.43. The van der Waals surface area contributed by atoms with Crippen LogP contribution in [0.4, 0.5) is 0 Å². The number of halogens is 2. The molecule has 0 fully saturated rings. The van der Waals surface area contributed by atoms with Crippen LogP contribution in [0.25, 0.3) is 11.2 Å². The van der Waals surface area contributed by atoms with Gasteiger partial charge in [-0.15, -0.1) is 0 Å². The summed E-state index contributed by atoms with van der Waals surface area (Å²) in [5.41, 5.74) is 2.79. The molecule has 2 aromatic carbocycles. The number of methoxy groups -OCH3 is 2. The molecule has 17 heteroatoms. The number of pyridine rings is 1. The summed E-state index contributed by atoms with van der Waals surface area (Å²) < 4.78 is 21.7. The molecule has 0 aliphatic heterocycles. The molecule has 0 aliphatic carbocycles. The molecule has 0 bridgehead atoms. The molecular formula is C33H30Cl2N8O7. The number of nitriles is 1. The maximum absolute atomic E-state index is 13.3.